The zero-order chi connectivity index (χ0) is 14.5. The zero-order valence-electron chi connectivity index (χ0n) is 12.1. The van der Waals surface area contributed by atoms with Crippen LogP contribution in [0.25, 0.3) is 0 Å². The molecule has 3 nitrogen and oxygen atoms in total. The van der Waals surface area contributed by atoms with E-state index in [1.807, 2.05) is 12.3 Å². The van der Waals surface area contributed by atoms with E-state index in [1.165, 1.54) is 9.88 Å². The predicted molar refractivity (Wildman–Crippen MR) is 88.3 cm³/mol. The molecule has 20 heavy (non-hydrogen) atoms. The monoisotopic (exact) mass is 353 g/mol. The van der Waals surface area contributed by atoms with Gasteiger partial charge in [-0.15, -0.1) is 11.3 Å². The van der Waals surface area contributed by atoms with Gasteiger partial charge in [0, 0.05) is 22.0 Å². The van der Waals surface area contributed by atoms with Gasteiger partial charge in [-0.3, -0.25) is 4.98 Å². The number of pyridine rings is 1. The van der Waals surface area contributed by atoms with E-state index in [4.69, 9.17) is 0 Å². The van der Waals surface area contributed by atoms with E-state index in [0.717, 1.165) is 35.2 Å². The highest BCUT2D eigenvalue weighted by atomic mass is 79.9. The normalized spacial score (nSPS) is 12.6. The number of aryl methyl sites for hydroxylation is 2. The number of nitrogens with zero attached hydrogens (tertiary/aromatic N) is 2. The summed E-state index contributed by atoms with van der Waals surface area (Å²) in [6, 6.07) is 4.35. The maximum atomic E-state index is 4.64. The average molecular weight is 354 g/mol. The fraction of sp³-hybridized carbons (Fsp3) is 0.467. The summed E-state index contributed by atoms with van der Waals surface area (Å²) in [5, 5.41) is 4.75. The molecule has 0 bridgehead atoms. The van der Waals surface area contributed by atoms with Gasteiger partial charge in [-0.1, -0.05) is 6.92 Å². The molecule has 108 valence electrons. The zero-order valence-corrected chi connectivity index (χ0v) is 14.5. The number of hydrogen-bond acceptors (Lipinski definition) is 4. The highest BCUT2D eigenvalue weighted by Gasteiger charge is 2.15. The van der Waals surface area contributed by atoms with Crippen LogP contribution in [-0.2, 0) is 6.42 Å². The van der Waals surface area contributed by atoms with Gasteiger partial charge in [0.25, 0.3) is 0 Å². The molecule has 2 heterocycles. The van der Waals surface area contributed by atoms with Crippen LogP contribution in [0.3, 0.4) is 0 Å². The number of thiazole rings is 1. The Kier molecular flexibility index (Phi) is 5.69. The molecule has 1 atom stereocenters. The molecule has 0 amide bonds. The molecule has 0 aliphatic heterocycles. The highest BCUT2D eigenvalue weighted by Crippen LogP contribution is 2.23. The first-order valence-corrected chi connectivity index (χ1v) is 8.48. The van der Waals surface area contributed by atoms with Gasteiger partial charge in [-0.2, -0.15) is 0 Å². The summed E-state index contributed by atoms with van der Waals surface area (Å²) in [6.45, 7) is 7.37. The van der Waals surface area contributed by atoms with Gasteiger partial charge in [-0.05, 0) is 54.9 Å². The van der Waals surface area contributed by atoms with Crippen LogP contribution in [0.1, 0.15) is 40.7 Å². The number of nitrogens with one attached hydrogen (secondary N) is 1. The lowest BCUT2D eigenvalue weighted by molar-refractivity contribution is 0.516. The van der Waals surface area contributed by atoms with Gasteiger partial charge in [0.1, 0.15) is 0 Å². The minimum Gasteiger partial charge on any atom is -0.308 e. The van der Waals surface area contributed by atoms with E-state index in [9.17, 15) is 0 Å². The van der Waals surface area contributed by atoms with Crippen LogP contribution in [-0.4, -0.2) is 16.5 Å². The first-order chi connectivity index (χ1) is 9.60. The van der Waals surface area contributed by atoms with Crippen molar-refractivity contribution in [3.63, 3.8) is 0 Å². The minimum absolute atomic E-state index is 0.230. The first-order valence-electron chi connectivity index (χ1n) is 6.88. The van der Waals surface area contributed by atoms with E-state index in [0.29, 0.717) is 0 Å². The summed E-state index contributed by atoms with van der Waals surface area (Å²) in [6.07, 6.45) is 3.87. The molecule has 0 saturated heterocycles. The third kappa shape index (κ3) is 4.11. The molecule has 1 unspecified atom stereocenters. The van der Waals surface area contributed by atoms with E-state index in [-0.39, 0.29) is 6.04 Å². The van der Waals surface area contributed by atoms with Crippen molar-refractivity contribution >= 4 is 27.3 Å². The summed E-state index contributed by atoms with van der Waals surface area (Å²) in [4.78, 5) is 10.5. The Balaban J connectivity index is 2.16. The number of halogens is 1. The van der Waals surface area contributed by atoms with Crippen molar-refractivity contribution in [1.82, 2.24) is 15.3 Å². The Morgan fingerprint density at radius 1 is 1.35 bits per heavy atom. The molecular weight excluding hydrogens is 334 g/mol. The summed E-state index contributed by atoms with van der Waals surface area (Å²) in [5.74, 6) is 0. The summed E-state index contributed by atoms with van der Waals surface area (Å²) in [5.41, 5.74) is 2.22. The van der Waals surface area contributed by atoms with E-state index in [2.05, 4.69) is 58.1 Å². The van der Waals surface area contributed by atoms with Crippen molar-refractivity contribution in [3.05, 3.63) is 44.1 Å². The molecule has 0 fully saturated rings. The van der Waals surface area contributed by atoms with Crippen LogP contribution in [0.5, 0.6) is 0 Å². The second kappa shape index (κ2) is 7.29. The summed E-state index contributed by atoms with van der Waals surface area (Å²) < 4.78 is 1.01. The Bertz CT molecular complexity index is 531. The number of rotatable bonds is 6. The molecule has 0 spiro atoms. The SMILES string of the molecule is CCCNC(Cc1nc(C)c(C)s1)c1ccc(Br)cn1. The van der Waals surface area contributed by atoms with Crippen molar-refractivity contribution in [3.8, 4) is 0 Å². The molecule has 0 radical (unpaired) electrons. The molecule has 0 saturated carbocycles. The molecule has 0 aliphatic carbocycles. The van der Waals surface area contributed by atoms with Crippen molar-refractivity contribution in [2.45, 2.75) is 39.7 Å². The average Bonchev–Trinajstić information content (AvgIpc) is 2.74. The largest absolute Gasteiger partial charge is 0.308 e. The van der Waals surface area contributed by atoms with Crippen molar-refractivity contribution in [1.29, 1.82) is 0 Å². The maximum Gasteiger partial charge on any atom is 0.0950 e. The quantitative estimate of drug-likeness (QED) is 0.845. The Labute approximate surface area is 133 Å². The molecule has 1 N–H and O–H groups in total. The molecule has 2 rings (SSSR count). The van der Waals surface area contributed by atoms with Crippen LogP contribution >= 0.6 is 27.3 Å². The van der Waals surface area contributed by atoms with Gasteiger partial charge in [-0.25, -0.2) is 4.98 Å². The predicted octanol–water partition coefficient (Wildman–Crippen LogP) is 4.20. The van der Waals surface area contributed by atoms with Crippen LogP contribution in [0.15, 0.2) is 22.8 Å². The summed E-state index contributed by atoms with van der Waals surface area (Å²) in [7, 11) is 0. The van der Waals surface area contributed by atoms with Crippen LogP contribution in [0.2, 0.25) is 0 Å². The second-order valence-corrected chi connectivity index (χ2v) is 7.06. The van der Waals surface area contributed by atoms with Gasteiger partial charge >= 0.3 is 0 Å². The Morgan fingerprint density at radius 2 is 2.15 bits per heavy atom. The van der Waals surface area contributed by atoms with Crippen molar-refractivity contribution in [2.24, 2.45) is 0 Å². The van der Waals surface area contributed by atoms with E-state index < -0.39 is 0 Å². The van der Waals surface area contributed by atoms with E-state index >= 15 is 0 Å². The lowest BCUT2D eigenvalue weighted by Gasteiger charge is -2.17. The fourth-order valence-corrected chi connectivity index (χ4v) is 3.21. The standard InChI is InChI=1S/C15H20BrN3S/c1-4-7-17-14(13-6-5-12(16)9-18-13)8-15-19-10(2)11(3)20-15/h5-6,9,14,17H,4,7-8H2,1-3H3. The van der Waals surface area contributed by atoms with Gasteiger partial charge < -0.3 is 5.32 Å². The third-order valence-electron chi connectivity index (χ3n) is 3.20. The number of hydrogen-bond donors (Lipinski definition) is 1. The minimum atomic E-state index is 0.230. The Hall–Kier alpha value is -0.780. The topological polar surface area (TPSA) is 37.8 Å². The number of aromatic nitrogens is 2. The lowest BCUT2D eigenvalue weighted by Crippen LogP contribution is -2.24. The highest BCUT2D eigenvalue weighted by molar-refractivity contribution is 9.10. The molecule has 2 aromatic rings. The van der Waals surface area contributed by atoms with Gasteiger partial charge in [0.15, 0.2) is 0 Å². The maximum absolute atomic E-state index is 4.64. The van der Waals surface area contributed by atoms with Crippen LogP contribution < -0.4 is 5.32 Å². The molecule has 2 aromatic heterocycles. The summed E-state index contributed by atoms with van der Waals surface area (Å²) >= 11 is 5.22. The van der Waals surface area contributed by atoms with Crippen LogP contribution in [0, 0.1) is 13.8 Å². The van der Waals surface area contributed by atoms with Crippen molar-refractivity contribution in [2.75, 3.05) is 6.54 Å². The second-order valence-electron chi connectivity index (χ2n) is 4.86. The fourth-order valence-electron chi connectivity index (χ4n) is 1.99. The van der Waals surface area contributed by atoms with Crippen LogP contribution in [0.4, 0.5) is 0 Å². The van der Waals surface area contributed by atoms with Gasteiger partial charge in [0.05, 0.1) is 22.4 Å². The van der Waals surface area contributed by atoms with Gasteiger partial charge in [0.2, 0.25) is 0 Å². The molecular formula is C15H20BrN3S. The van der Waals surface area contributed by atoms with Crippen molar-refractivity contribution < 1.29 is 0 Å². The lowest BCUT2D eigenvalue weighted by atomic mass is 10.1. The van der Waals surface area contributed by atoms with E-state index in [1.54, 1.807) is 11.3 Å². The molecule has 5 heteroatoms. The smallest absolute Gasteiger partial charge is 0.0950 e. The molecule has 0 aromatic carbocycles. The third-order valence-corrected chi connectivity index (χ3v) is 4.76. The first kappa shape index (κ1) is 15.6. The molecule has 0 aliphatic rings. The Morgan fingerprint density at radius 3 is 2.70 bits per heavy atom.